The number of nitrogens with one attached hydrogen (secondary N) is 2. The summed E-state index contributed by atoms with van der Waals surface area (Å²) in [4.78, 5) is 34.1. The Kier molecular flexibility index (Phi) is 6.07. The van der Waals surface area contributed by atoms with Crippen LogP contribution in [0.5, 0.6) is 0 Å². The largest absolute Gasteiger partial charge is 0.370 e. The Labute approximate surface area is 196 Å². The number of carbonyl (C=O) groups is 1. The van der Waals surface area contributed by atoms with E-state index in [2.05, 4.69) is 35.6 Å². The molecular formula is C25H24FN7O. The van der Waals surface area contributed by atoms with E-state index in [0.717, 1.165) is 41.7 Å². The maximum absolute atomic E-state index is 14.3. The summed E-state index contributed by atoms with van der Waals surface area (Å²) in [5, 5.41) is 6.28. The van der Waals surface area contributed by atoms with Gasteiger partial charge in [-0.25, -0.2) is 24.3 Å². The highest BCUT2D eigenvalue weighted by Gasteiger charge is 2.22. The van der Waals surface area contributed by atoms with Gasteiger partial charge in [-0.2, -0.15) is 0 Å². The number of aromatic nitrogens is 5. The molecule has 0 spiro atoms. The lowest BCUT2D eigenvalue weighted by Crippen LogP contribution is -2.20. The second-order valence-corrected chi connectivity index (χ2v) is 8.30. The lowest BCUT2D eigenvalue weighted by Gasteiger charge is -2.23. The fraction of sp³-hybridized carbons (Fsp3) is 0.280. The Morgan fingerprint density at radius 1 is 1.09 bits per heavy atom. The molecule has 0 unspecified atom stereocenters. The van der Waals surface area contributed by atoms with Gasteiger partial charge in [-0.1, -0.05) is 24.6 Å². The minimum absolute atomic E-state index is 0.00768. The topological polar surface area (TPSA) is 106 Å². The average Bonchev–Trinajstić information content (AvgIpc) is 2.83. The van der Waals surface area contributed by atoms with E-state index in [1.165, 1.54) is 19.8 Å². The Hall–Kier alpha value is -4.01. The van der Waals surface area contributed by atoms with Gasteiger partial charge in [0.15, 0.2) is 5.82 Å². The smallest absolute Gasteiger partial charge is 0.254 e. The molecule has 5 rings (SSSR count). The van der Waals surface area contributed by atoms with Crippen LogP contribution in [0.4, 0.5) is 10.2 Å². The minimum atomic E-state index is -0.639. The van der Waals surface area contributed by atoms with E-state index >= 15 is 0 Å². The fourth-order valence-corrected chi connectivity index (χ4v) is 4.10. The standard InChI is InChI=1S/C25H24FN7O/c1-27-25(34)22-18-7-3-4-15(23(18)29-13-19(22)26)8-9-28-21-10-20(32-14-33-21)17-11-30-24(31-12-17)16-5-2-6-16/h3-4,7,10-14,16H,2,5-6,8-9H2,1H3,(H,27,34)(H,28,32,33). The zero-order valence-electron chi connectivity index (χ0n) is 18.8. The molecule has 1 amide bonds. The molecular weight excluding hydrogens is 433 g/mol. The van der Waals surface area contributed by atoms with E-state index in [4.69, 9.17) is 0 Å². The van der Waals surface area contributed by atoms with Crippen LogP contribution in [-0.2, 0) is 6.42 Å². The van der Waals surface area contributed by atoms with Crippen LogP contribution in [0.25, 0.3) is 22.2 Å². The number of nitrogens with zero attached hydrogens (tertiary/aromatic N) is 5. The highest BCUT2D eigenvalue weighted by molar-refractivity contribution is 6.06. The first-order valence-electron chi connectivity index (χ1n) is 11.3. The molecule has 0 aliphatic heterocycles. The molecule has 1 aromatic carbocycles. The van der Waals surface area contributed by atoms with Gasteiger partial charge in [0.1, 0.15) is 18.0 Å². The summed E-state index contributed by atoms with van der Waals surface area (Å²) < 4.78 is 14.3. The molecule has 172 valence electrons. The molecule has 3 heterocycles. The second kappa shape index (κ2) is 9.46. The minimum Gasteiger partial charge on any atom is -0.370 e. The number of amides is 1. The predicted octanol–water partition coefficient (Wildman–Crippen LogP) is 3.90. The van der Waals surface area contributed by atoms with Crippen LogP contribution in [0.3, 0.4) is 0 Å². The third kappa shape index (κ3) is 4.28. The monoisotopic (exact) mass is 457 g/mol. The van der Waals surface area contributed by atoms with Crippen molar-refractivity contribution in [2.45, 2.75) is 31.6 Å². The van der Waals surface area contributed by atoms with Crippen molar-refractivity contribution in [3.63, 3.8) is 0 Å². The molecule has 8 nitrogen and oxygen atoms in total. The molecule has 0 radical (unpaired) electrons. The third-order valence-electron chi connectivity index (χ3n) is 6.19. The van der Waals surface area contributed by atoms with Crippen LogP contribution in [-0.4, -0.2) is 44.4 Å². The summed E-state index contributed by atoms with van der Waals surface area (Å²) in [7, 11) is 1.48. The van der Waals surface area contributed by atoms with Crippen LogP contribution >= 0.6 is 0 Å². The van der Waals surface area contributed by atoms with Crippen molar-refractivity contribution in [1.82, 2.24) is 30.2 Å². The van der Waals surface area contributed by atoms with E-state index in [1.807, 2.05) is 24.5 Å². The number of fused-ring (bicyclic) bond motifs is 1. The van der Waals surface area contributed by atoms with Crippen molar-refractivity contribution < 1.29 is 9.18 Å². The van der Waals surface area contributed by atoms with Gasteiger partial charge in [-0.05, 0) is 24.8 Å². The number of hydrogen-bond donors (Lipinski definition) is 2. The quantitative estimate of drug-likeness (QED) is 0.434. The zero-order valence-corrected chi connectivity index (χ0v) is 18.8. The molecule has 2 N–H and O–H groups in total. The number of hydrogen-bond acceptors (Lipinski definition) is 7. The molecule has 0 atom stereocenters. The molecule has 3 aromatic heterocycles. The van der Waals surface area contributed by atoms with Crippen molar-refractivity contribution >= 4 is 22.6 Å². The predicted molar refractivity (Wildman–Crippen MR) is 127 cm³/mol. The van der Waals surface area contributed by atoms with E-state index < -0.39 is 11.7 Å². The maximum Gasteiger partial charge on any atom is 0.254 e. The lowest BCUT2D eigenvalue weighted by molar-refractivity contribution is 0.0961. The molecule has 9 heteroatoms. The van der Waals surface area contributed by atoms with Gasteiger partial charge in [0, 0.05) is 48.9 Å². The Morgan fingerprint density at radius 2 is 1.91 bits per heavy atom. The first-order chi connectivity index (χ1) is 16.6. The molecule has 1 fully saturated rings. The number of para-hydroxylation sites is 1. The molecule has 1 aliphatic carbocycles. The summed E-state index contributed by atoms with van der Waals surface area (Å²) >= 11 is 0. The van der Waals surface area contributed by atoms with Gasteiger partial charge < -0.3 is 10.6 Å². The lowest BCUT2D eigenvalue weighted by atomic mass is 9.85. The van der Waals surface area contributed by atoms with Crippen LogP contribution in [0.1, 0.15) is 46.9 Å². The molecule has 1 saturated carbocycles. The summed E-state index contributed by atoms with van der Waals surface area (Å²) in [6, 6.07) is 7.31. The maximum atomic E-state index is 14.3. The van der Waals surface area contributed by atoms with Crippen molar-refractivity contribution in [1.29, 1.82) is 0 Å². The third-order valence-corrected chi connectivity index (χ3v) is 6.19. The summed E-state index contributed by atoms with van der Waals surface area (Å²) in [5.74, 6) is 0.965. The fourth-order valence-electron chi connectivity index (χ4n) is 4.10. The van der Waals surface area contributed by atoms with Gasteiger partial charge in [0.2, 0.25) is 0 Å². The van der Waals surface area contributed by atoms with Gasteiger partial charge >= 0.3 is 0 Å². The van der Waals surface area contributed by atoms with Crippen molar-refractivity contribution in [3.05, 3.63) is 72.0 Å². The van der Waals surface area contributed by atoms with E-state index in [1.54, 1.807) is 12.1 Å². The normalized spacial score (nSPS) is 13.5. The molecule has 0 bridgehead atoms. The van der Waals surface area contributed by atoms with Gasteiger partial charge in [-0.3, -0.25) is 9.78 Å². The Balaban J connectivity index is 1.29. The Morgan fingerprint density at radius 3 is 2.65 bits per heavy atom. The number of carbonyl (C=O) groups excluding carboxylic acids is 1. The van der Waals surface area contributed by atoms with Gasteiger partial charge in [0.25, 0.3) is 5.91 Å². The number of halogens is 1. The van der Waals surface area contributed by atoms with Crippen LogP contribution < -0.4 is 10.6 Å². The Bertz CT molecular complexity index is 1340. The van der Waals surface area contributed by atoms with Crippen molar-refractivity contribution in [2.24, 2.45) is 0 Å². The molecule has 4 aromatic rings. The average molecular weight is 458 g/mol. The number of rotatable bonds is 7. The number of benzene rings is 1. The van der Waals surface area contributed by atoms with E-state index in [-0.39, 0.29) is 5.56 Å². The molecule has 34 heavy (non-hydrogen) atoms. The number of anilines is 1. The SMILES string of the molecule is CNC(=O)c1c(F)cnc2c(CCNc3cc(-c4cnc(C5CCC5)nc4)ncn3)cccc12. The summed E-state index contributed by atoms with van der Waals surface area (Å²) in [5.41, 5.74) is 3.11. The zero-order chi connectivity index (χ0) is 23.5. The van der Waals surface area contributed by atoms with E-state index in [0.29, 0.717) is 35.6 Å². The first-order valence-corrected chi connectivity index (χ1v) is 11.3. The van der Waals surface area contributed by atoms with Gasteiger partial charge in [-0.15, -0.1) is 0 Å². The van der Waals surface area contributed by atoms with Crippen LogP contribution in [0, 0.1) is 5.82 Å². The van der Waals surface area contributed by atoms with Crippen molar-refractivity contribution in [2.75, 3.05) is 18.9 Å². The van der Waals surface area contributed by atoms with Crippen molar-refractivity contribution in [3.8, 4) is 11.3 Å². The number of pyridine rings is 1. The van der Waals surface area contributed by atoms with Gasteiger partial charge in [0.05, 0.1) is 23.0 Å². The summed E-state index contributed by atoms with van der Waals surface area (Å²) in [6.45, 7) is 0.570. The van der Waals surface area contributed by atoms with Crippen LogP contribution in [0.15, 0.2) is 49.2 Å². The van der Waals surface area contributed by atoms with E-state index in [9.17, 15) is 9.18 Å². The summed E-state index contributed by atoms with van der Waals surface area (Å²) in [6.07, 6.45) is 10.4. The second-order valence-electron chi connectivity index (χ2n) is 8.30. The first kappa shape index (κ1) is 21.8. The highest BCUT2D eigenvalue weighted by atomic mass is 19.1. The molecule has 0 saturated heterocycles. The molecule has 1 aliphatic rings. The highest BCUT2D eigenvalue weighted by Crippen LogP contribution is 2.34. The van der Waals surface area contributed by atoms with Crippen LogP contribution in [0.2, 0.25) is 0 Å².